The number of benzene rings is 3. The number of halogens is 6. The van der Waals surface area contributed by atoms with Crippen molar-refractivity contribution >= 4 is 36.3 Å². The molecule has 262 valence electrons. The molecule has 50 heavy (non-hydrogen) atoms. The maximum Gasteiger partial charge on any atom is 0.455 e. The van der Waals surface area contributed by atoms with Crippen LogP contribution in [0.2, 0.25) is 6.32 Å². The minimum atomic E-state index is -5.18. The summed E-state index contributed by atoms with van der Waals surface area (Å²) in [6, 6.07) is 16.9. The molecule has 0 unspecified atom stereocenters. The summed E-state index contributed by atoms with van der Waals surface area (Å²) in [5, 5.41) is 21.4. The molecule has 4 atom stereocenters. The van der Waals surface area contributed by atoms with Crippen LogP contribution in [-0.2, 0) is 31.3 Å². The zero-order valence-electron chi connectivity index (χ0n) is 26.7. The summed E-state index contributed by atoms with van der Waals surface area (Å²) in [6.45, 7) is 0.0214. The van der Waals surface area contributed by atoms with Crippen molar-refractivity contribution in [2.24, 2.45) is 17.8 Å². The van der Waals surface area contributed by atoms with Gasteiger partial charge in [-0.25, -0.2) is 4.90 Å². The van der Waals surface area contributed by atoms with Crippen LogP contribution < -0.4 is 4.90 Å². The highest BCUT2D eigenvalue weighted by molar-refractivity contribution is 6.43. The van der Waals surface area contributed by atoms with Crippen molar-refractivity contribution in [2.75, 3.05) is 18.6 Å². The number of alkyl halides is 6. The molecule has 6 rings (SSSR count). The van der Waals surface area contributed by atoms with E-state index in [1.807, 2.05) is 36.4 Å². The van der Waals surface area contributed by atoms with Gasteiger partial charge in [0.15, 0.2) is 0 Å². The number of amides is 2. The molecule has 2 saturated heterocycles. The topological polar surface area (TPSA) is 96.3 Å². The van der Waals surface area contributed by atoms with Gasteiger partial charge in [0.05, 0.1) is 41.4 Å². The van der Waals surface area contributed by atoms with Gasteiger partial charge in [-0.05, 0) is 84.1 Å². The summed E-state index contributed by atoms with van der Waals surface area (Å²) in [4.78, 5) is 28.2. The molecule has 3 aromatic carbocycles. The molecule has 3 aliphatic rings. The Hall–Kier alpha value is -4.40. The average Bonchev–Trinajstić information content (AvgIpc) is 3.31. The number of ether oxygens (including phenoxy) is 1. The summed E-state index contributed by atoms with van der Waals surface area (Å²) >= 11 is 0. The van der Waals surface area contributed by atoms with Gasteiger partial charge in [-0.3, -0.25) is 9.59 Å². The van der Waals surface area contributed by atoms with Gasteiger partial charge in [0.25, 0.3) is 0 Å². The van der Waals surface area contributed by atoms with E-state index in [2.05, 4.69) is 0 Å². The minimum absolute atomic E-state index is 0.0214. The summed E-state index contributed by atoms with van der Waals surface area (Å²) in [5.41, 5.74) is -0.609. The molecule has 7 nitrogen and oxygen atoms in total. The highest BCUT2D eigenvalue weighted by Crippen LogP contribution is 2.52. The lowest BCUT2D eigenvalue weighted by molar-refractivity contribution is -0.143. The zero-order valence-corrected chi connectivity index (χ0v) is 26.7. The van der Waals surface area contributed by atoms with Crippen LogP contribution in [0.15, 0.2) is 83.9 Å². The summed E-state index contributed by atoms with van der Waals surface area (Å²) in [7, 11) is 0.0564. The lowest BCUT2D eigenvalue weighted by Gasteiger charge is -2.43. The molecular formula is C36H32BF6NO6. The maximum absolute atomic E-state index is 14.0. The largest absolute Gasteiger partial charge is 0.507 e. The van der Waals surface area contributed by atoms with Crippen LogP contribution >= 0.6 is 0 Å². The number of fused-ring (bicyclic) bond motifs is 3. The van der Waals surface area contributed by atoms with Gasteiger partial charge in [-0.15, -0.1) is 0 Å². The third-order valence-electron chi connectivity index (χ3n) is 9.54. The van der Waals surface area contributed by atoms with Crippen LogP contribution in [0, 0.1) is 17.8 Å². The molecule has 2 aliphatic heterocycles. The molecule has 2 fully saturated rings. The maximum atomic E-state index is 14.0. The summed E-state index contributed by atoms with van der Waals surface area (Å²) in [6.07, 6.45) is -8.79. The van der Waals surface area contributed by atoms with Gasteiger partial charge in [0.1, 0.15) is 5.75 Å². The molecule has 0 aromatic heterocycles. The van der Waals surface area contributed by atoms with Crippen LogP contribution in [0.1, 0.15) is 41.5 Å². The van der Waals surface area contributed by atoms with Crippen LogP contribution in [0.5, 0.6) is 5.75 Å². The monoisotopic (exact) mass is 699 g/mol. The van der Waals surface area contributed by atoms with Crippen molar-refractivity contribution in [3.05, 3.63) is 106 Å². The highest BCUT2D eigenvalue weighted by Gasteiger charge is 2.58. The fraction of sp³-hybridized carbons (Fsp3) is 0.333. The zero-order chi connectivity index (χ0) is 36.0. The van der Waals surface area contributed by atoms with Crippen molar-refractivity contribution in [3.63, 3.8) is 0 Å². The van der Waals surface area contributed by atoms with E-state index in [0.29, 0.717) is 40.2 Å². The van der Waals surface area contributed by atoms with E-state index in [1.165, 1.54) is 7.11 Å². The third kappa shape index (κ3) is 6.96. The van der Waals surface area contributed by atoms with Crippen molar-refractivity contribution in [1.29, 1.82) is 0 Å². The summed E-state index contributed by atoms with van der Waals surface area (Å²) < 4.78 is 93.7. The Kier molecular flexibility index (Phi) is 9.73. The number of carbonyl (C=O) groups excluding carboxylic acids is 2. The number of hydrogen-bond donors (Lipinski definition) is 2. The van der Waals surface area contributed by atoms with Gasteiger partial charge >= 0.3 is 19.5 Å². The SMILES string of the molecule is COCC1=C2[C@@H](CC/C(=C/c3ccccc3O)c3ccccc3)OB(O)C[C@@H]2[C@@H]2C(=O)N(c3cc(C(F)(F)F)cc(C(F)(F)F)c3)C(=O)[C@@H]2C1. The van der Waals surface area contributed by atoms with Crippen molar-refractivity contribution in [1.82, 2.24) is 0 Å². The second kappa shape index (κ2) is 13.7. The molecule has 0 bridgehead atoms. The second-order valence-corrected chi connectivity index (χ2v) is 12.7. The van der Waals surface area contributed by atoms with Crippen LogP contribution in [0.4, 0.5) is 32.0 Å². The minimum Gasteiger partial charge on any atom is -0.507 e. The van der Waals surface area contributed by atoms with E-state index in [-0.39, 0.29) is 37.6 Å². The van der Waals surface area contributed by atoms with Crippen LogP contribution in [0.3, 0.4) is 0 Å². The number of methoxy groups -OCH3 is 1. The number of aromatic hydroxyl groups is 1. The lowest BCUT2D eigenvalue weighted by atomic mass is 9.58. The second-order valence-electron chi connectivity index (χ2n) is 12.7. The molecule has 2 amide bonds. The van der Waals surface area contributed by atoms with Gasteiger partial charge in [0.2, 0.25) is 11.8 Å². The van der Waals surface area contributed by atoms with E-state index >= 15 is 0 Å². The first kappa shape index (κ1) is 35.4. The average molecular weight is 699 g/mol. The molecule has 2 N–H and O–H groups in total. The molecule has 0 spiro atoms. The predicted molar refractivity (Wildman–Crippen MR) is 172 cm³/mol. The number of phenolic OH excluding ortho intramolecular Hbond substituents is 1. The van der Waals surface area contributed by atoms with Crippen LogP contribution in [-0.4, -0.2) is 48.9 Å². The highest BCUT2D eigenvalue weighted by atomic mass is 19.4. The van der Waals surface area contributed by atoms with Crippen molar-refractivity contribution in [2.45, 2.75) is 44.0 Å². The number of nitrogens with zero attached hydrogens (tertiary/aromatic N) is 1. The Balaban J connectivity index is 1.36. The predicted octanol–water partition coefficient (Wildman–Crippen LogP) is 7.40. The number of para-hydroxylation sites is 1. The molecule has 1 aliphatic carbocycles. The van der Waals surface area contributed by atoms with Crippen molar-refractivity contribution in [3.8, 4) is 5.75 Å². The molecule has 0 saturated carbocycles. The first-order valence-electron chi connectivity index (χ1n) is 15.9. The molecule has 0 radical (unpaired) electrons. The fourth-order valence-corrected chi connectivity index (χ4v) is 7.43. The Morgan fingerprint density at radius 3 is 2.20 bits per heavy atom. The fourth-order valence-electron chi connectivity index (χ4n) is 7.43. The van der Waals surface area contributed by atoms with Gasteiger partial charge in [0, 0.05) is 12.7 Å². The number of rotatable bonds is 8. The number of allylic oxidation sites excluding steroid dienone is 1. The number of anilines is 1. The Bertz CT molecular complexity index is 1810. The standard InChI is InChI=1S/C36H32BF6NO6/c1-49-19-23-14-27-32(34(47)44(33(27)46)26-16-24(35(38,39)40)15-25(17-26)36(41,42)43)28-18-37(48)50-30(31(23)28)12-11-21(20-7-3-2-4-8-20)13-22-9-5-6-10-29(22)45/h2-10,13,15-17,27-28,30,32,45,48H,11-12,14,18-19H2,1H3/b21-13-/t27-,28+,30-,32-/m1/s1. The van der Waals surface area contributed by atoms with Gasteiger partial charge < -0.3 is 19.5 Å². The first-order chi connectivity index (χ1) is 23.7. The van der Waals surface area contributed by atoms with E-state index in [1.54, 1.807) is 24.3 Å². The van der Waals surface area contributed by atoms with Crippen LogP contribution in [0.25, 0.3) is 11.6 Å². The van der Waals surface area contributed by atoms with Gasteiger partial charge in [-0.2, -0.15) is 26.3 Å². The molecule has 14 heteroatoms. The molecule has 3 aromatic rings. The molecule has 2 heterocycles. The Morgan fingerprint density at radius 1 is 0.940 bits per heavy atom. The van der Waals surface area contributed by atoms with E-state index in [0.717, 1.165) is 11.1 Å². The number of hydrogen-bond acceptors (Lipinski definition) is 6. The van der Waals surface area contributed by atoms with E-state index in [9.17, 15) is 46.1 Å². The summed E-state index contributed by atoms with van der Waals surface area (Å²) in [5.74, 6) is -4.85. The smallest absolute Gasteiger partial charge is 0.455 e. The van der Waals surface area contributed by atoms with Gasteiger partial charge in [-0.1, -0.05) is 48.5 Å². The third-order valence-corrected chi connectivity index (χ3v) is 9.54. The normalized spacial score (nSPS) is 23.0. The lowest BCUT2D eigenvalue weighted by Crippen LogP contribution is -2.46. The molecular weight excluding hydrogens is 667 g/mol. The Morgan fingerprint density at radius 2 is 1.58 bits per heavy atom. The quantitative estimate of drug-likeness (QED) is 0.0837. The van der Waals surface area contributed by atoms with Crippen molar-refractivity contribution < 1.29 is 55.5 Å². The van der Waals surface area contributed by atoms with E-state index in [4.69, 9.17) is 9.39 Å². The number of carbonyl (C=O) groups is 2. The number of phenols is 1. The first-order valence-corrected chi connectivity index (χ1v) is 15.9. The Labute approximate surface area is 284 Å². The number of imide groups is 1. The van der Waals surface area contributed by atoms with E-state index < -0.39 is 72.0 Å².